The number of esters is 1. The number of unbranched alkanes of at least 4 members (excludes halogenated alkanes) is 18. The summed E-state index contributed by atoms with van der Waals surface area (Å²) in [6.45, 7) is 3.98. The van der Waals surface area contributed by atoms with Crippen LogP contribution in [-0.2, 0) is 44.6 Å². The summed E-state index contributed by atoms with van der Waals surface area (Å²) in [6.07, 6.45) is 26.1. The van der Waals surface area contributed by atoms with E-state index in [2.05, 4.69) is 40.0 Å². The normalized spacial score (nSPS) is 15.2. The van der Waals surface area contributed by atoms with Crippen LogP contribution in [0.15, 0.2) is 6.33 Å². The second kappa shape index (κ2) is 28.3. The van der Waals surface area contributed by atoms with E-state index in [1.807, 2.05) is 0 Å². The third kappa shape index (κ3) is 17.9. The molecule has 1 unspecified atom stereocenters. The average molecular weight is 848 g/mol. The van der Waals surface area contributed by atoms with Crippen LogP contribution in [0.4, 0.5) is 15.4 Å². The Labute approximate surface area is 354 Å². The van der Waals surface area contributed by atoms with Gasteiger partial charge < -0.3 is 38.3 Å². The van der Waals surface area contributed by atoms with Crippen LogP contribution in [0.1, 0.15) is 155 Å². The lowest BCUT2D eigenvalue weighted by molar-refractivity contribution is -0.146. The molecule has 16 heteroatoms. The minimum atomic E-state index is -1.82. The Hall–Kier alpha value is -4.16. The van der Waals surface area contributed by atoms with Gasteiger partial charge in [0.25, 0.3) is 5.91 Å². The van der Waals surface area contributed by atoms with Crippen molar-refractivity contribution >= 4 is 52.8 Å². The van der Waals surface area contributed by atoms with Crippen LogP contribution in [0, 0.1) is 12.3 Å². The van der Waals surface area contributed by atoms with E-state index in [9.17, 15) is 19.2 Å². The average Bonchev–Trinajstić information content (AvgIpc) is 3.85. The third-order valence-corrected chi connectivity index (χ3v) is 10.6. The number of cyclic esters (lactones) is 1. The van der Waals surface area contributed by atoms with Crippen molar-refractivity contribution in [2.45, 2.75) is 179 Å². The number of aromatic nitrogens is 4. The number of carbonyl (C=O) groups excluding carboxylic acids is 4. The van der Waals surface area contributed by atoms with Crippen molar-refractivity contribution in [3.05, 3.63) is 11.6 Å². The molecular weight excluding hydrogens is 782 g/mol. The molecule has 0 aliphatic carbocycles. The van der Waals surface area contributed by atoms with Crippen LogP contribution < -0.4 is 5.32 Å². The lowest BCUT2D eigenvalue weighted by atomic mass is 9.97. The van der Waals surface area contributed by atoms with Crippen LogP contribution in [0.3, 0.4) is 0 Å². The highest BCUT2D eigenvalue weighted by Crippen LogP contribution is 2.27. The number of amides is 1. The summed E-state index contributed by atoms with van der Waals surface area (Å²) in [7, 11) is 1.30. The number of anilines is 1. The quantitative estimate of drug-likeness (QED) is 0.0249. The van der Waals surface area contributed by atoms with Crippen molar-refractivity contribution in [1.82, 2.24) is 19.5 Å². The number of terminal acetylenes is 1. The van der Waals surface area contributed by atoms with Crippen LogP contribution in [-0.4, -0.2) is 88.4 Å². The summed E-state index contributed by atoms with van der Waals surface area (Å²) in [4.78, 5) is 63.1. The van der Waals surface area contributed by atoms with Gasteiger partial charge in [0.2, 0.25) is 10.9 Å². The van der Waals surface area contributed by atoms with Crippen molar-refractivity contribution in [1.29, 1.82) is 0 Å². The Kier molecular flexibility index (Phi) is 23.6. The van der Waals surface area contributed by atoms with Crippen molar-refractivity contribution in [2.24, 2.45) is 0 Å². The molecule has 3 heterocycles. The maximum atomic E-state index is 13.2. The summed E-state index contributed by atoms with van der Waals surface area (Å²) in [5.74, 6) is 1.41. The zero-order chi connectivity index (χ0) is 42.7. The molecule has 330 valence electrons. The highest BCUT2D eigenvalue weighted by molar-refractivity contribution is 6.28. The largest absolute Gasteiger partial charge is 0.508 e. The van der Waals surface area contributed by atoms with E-state index in [4.69, 9.17) is 46.4 Å². The highest BCUT2D eigenvalue weighted by atomic mass is 35.5. The van der Waals surface area contributed by atoms with Gasteiger partial charge in [0.05, 0.1) is 26.1 Å². The van der Waals surface area contributed by atoms with Gasteiger partial charge in [-0.25, -0.2) is 14.6 Å². The van der Waals surface area contributed by atoms with Gasteiger partial charge in [0, 0.05) is 20.0 Å². The zero-order valence-corrected chi connectivity index (χ0v) is 36.2. The van der Waals surface area contributed by atoms with E-state index in [1.54, 1.807) is 0 Å². The fraction of sp³-hybridized carbons (Fsp3) is 0.744. The first-order chi connectivity index (χ1) is 28.7. The Morgan fingerprint density at radius 1 is 0.864 bits per heavy atom. The first kappa shape index (κ1) is 49.2. The number of methoxy groups -OCH3 is 1. The molecule has 1 aliphatic heterocycles. The molecule has 0 saturated carbocycles. The molecule has 1 fully saturated rings. The molecule has 0 bridgehead atoms. The van der Waals surface area contributed by atoms with E-state index >= 15 is 0 Å². The van der Waals surface area contributed by atoms with Gasteiger partial charge in [-0.15, -0.1) is 6.42 Å². The van der Waals surface area contributed by atoms with E-state index in [0.717, 1.165) is 38.5 Å². The molecular formula is C43H66ClN5O10. The Morgan fingerprint density at radius 3 is 1.92 bits per heavy atom. The summed E-state index contributed by atoms with van der Waals surface area (Å²) in [5, 5.41) is 2.38. The minimum Gasteiger partial charge on any atom is -0.452 e. The molecule has 1 amide bonds. The first-order valence-electron chi connectivity index (χ1n) is 21.7. The van der Waals surface area contributed by atoms with E-state index in [-0.39, 0.29) is 54.9 Å². The lowest BCUT2D eigenvalue weighted by Crippen LogP contribution is -2.51. The van der Waals surface area contributed by atoms with Crippen molar-refractivity contribution in [3.8, 4) is 12.3 Å². The second-order valence-corrected chi connectivity index (χ2v) is 15.4. The van der Waals surface area contributed by atoms with Gasteiger partial charge in [0.15, 0.2) is 29.2 Å². The van der Waals surface area contributed by atoms with E-state index in [1.165, 1.54) is 95.1 Å². The Morgan fingerprint density at radius 2 is 1.41 bits per heavy atom. The van der Waals surface area contributed by atoms with Crippen LogP contribution in [0.5, 0.6) is 0 Å². The van der Waals surface area contributed by atoms with Gasteiger partial charge in [0.1, 0.15) is 6.61 Å². The van der Waals surface area contributed by atoms with Crippen LogP contribution in [0.25, 0.3) is 11.2 Å². The molecule has 0 spiro atoms. The summed E-state index contributed by atoms with van der Waals surface area (Å²) in [5.41, 5.74) is -1.52. The van der Waals surface area contributed by atoms with Crippen molar-refractivity contribution in [3.63, 3.8) is 0 Å². The van der Waals surface area contributed by atoms with Crippen LogP contribution in [0.2, 0.25) is 5.28 Å². The number of halogens is 1. The molecule has 1 N–H and O–H groups in total. The summed E-state index contributed by atoms with van der Waals surface area (Å²) in [6, 6.07) is 0. The lowest BCUT2D eigenvalue weighted by Gasteiger charge is -2.33. The van der Waals surface area contributed by atoms with E-state index < -0.39 is 48.6 Å². The van der Waals surface area contributed by atoms with Crippen molar-refractivity contribution < 1.29 is 47.6 Å². The second-order valence-electron chi connectivity index (χ2n) is 15.1. The number of ether oxygens (including phenoxy) is 6. The third-order valence-electron chi connectivity index (χ3n) is 10.4. The Bertz CT molecular complexity index is 1620. The summed E-state index contributed by atoms with van der Waals surface area (Å²) >= 11 is 6.28. The molecule has 0 aromatic carbocycles. The molecule has 59 heavy (non-hydrogen) atoms. The number of carbonyl (C=O) groups is 4. The van der Waals surface area contributed by atoms with Gasteiger partial charge in [-0.1, -0.05) is 135 Å². The fourth-order valence-electron chi connectivity index (χ4n) is 6.83. The molecule has 3 atom stereocenters. The minimum absolute atomic E-state index is 0.0245. The van der Waals surface area contributed by atoms with Gasteiger partial charge >= 0.3 is 18.3 Å². The molecule has 1 aliphatic rings. The predicted molar refractivity (Wildman–Crippen MR) is 224 cm³/mol. The number of fused-ring (bicyclic) bond motifs is 1. The molecule has 2 aromatic heterocycles. The number of nitrogens with one attached hydrogen (secondary N) is 1. The number of rotatable bonds is 31. The molecule has 0 radical (unpaired) electrons. The fourth-order valence-corrected chi connectivity index (χ4v) is 6.99. The van der Waals surface area contributed by atoms with Gasteiger partial charge in [-0.05, 0) is 24.4 Å². The smallest absolute Gasteiger partial charge is 0.452 e. The van der Waals surface area contributed by atoms with Gasteiger partial charge in [-0.2, -0.15) is 9.97 Å². The zero-order valence-electron chi connectivity index (χ0n) is 35.4. The number of nitrogens with zero attached hydrogens (tertiary/aromatic N) is 4. The van der Waals surface area contributed by atoms with Crippen LogP contribution >= 0.6 is 11.6 Å². The summed E-state index contributed by atoms with van der Waals surface area (Å²) < 4.78 is 34.3. The predicted octanol–water partition coefficient (Wildman–Crippen LogP) is 9.66. The molecule has 2 aromatic rings. The molecule has 3 rings (SSSR count). The molecule has 15 nitrogen and oxygen atoms in total. The standard InChI is InChI=1S/C43H66ClN5O10/c1-5-8-10-12-14-16-18-20-22-24-28-55-41(52)57-31-43(7-3,54-4)34(59-42(53)56-29-25-23-21-19-17-15-13-11-9-6-2)30-49-32-45-36-37(47-40(44)48-38(36)49)46-39(51)33-26-27-35(50)58-33/h3,32-34H,5-6,8-31H2,1-2,4H3,(H,46,47,48,51)/t33-,34+,43?/m1/s1. The van der Waals surface area contributed by atoms with E-state index in [0.29, 0.717) is 12.8 Å². The number of imidazole rings is 1. The van der Waals surface area contributed by atoms with Gasteiger partial charge in [-0.3, -0.25) is 9.59 Å². The monoisotopic (exact) mass is 847 g/mol. The number of hydrogen-bond acceptors (Lipinski definition) is 13. The van der Waals surface area contributed by atoms with Crippen molar-refractivity contribution in [2.75, 3.05) is 32.2 Å². The maximum Gasteiger partial charge on any atom is 0.508 e. The topological polar surface area (TPSA) is 179 Å². The SMILES string of the molecule is C#CC(COC(=O)OCCCCCCCCCCCC)(OC)[C@H](Cn1cnc2c(NC(=O)[C@H]3CCC(=O)O3)nc(Cl)nc21)OC(=O)OCCCCCCCCCCCC. The number of hydrogen-bond donors (Lipinski definition) is 1. The Balaban J connectivity index is 1.64. The maximum absolute atomic E-state index is 13.2. The highest BCUT2D eigenvalue weighted by Gasteiger charge is 2.43. The molecule has 1 saturated heterocycles. The first-order valence-corrected chi connectivity index (χ1v) is 22.1.